The first-order chi connectivity index (χ1) is 12.5. The highest BCUT2D eigenvalue weighted by atomic mass is 31.0. The van der Waals surface area contributed by atoms with Gasteiger partial charge in [0.05, 0.1) is 0 Å². The lowest BCUT2D eigenvalue weighted by molar-refractivity contribution is 0.669. The summed E-state index contributed by atoms with van der Waals surface area (Å²) in [5, 5.41) is 3.71. The quantitative estimate of drug-likeness (QED) is 0.358. The van der Waals surface area contributed by atoms with Gasteiger partial charge in [0.15, 0.2) is 0 Å². The Labute approximate surface area is 157 Å². The standard InChI is InChI=1S/C24H25OP/c1-14(2)20-11-17(12-21(15(3)4)24(20)26)16-9-10-19-18-7-5-6-8-22(18)25-23(19)13-16/h5-15H,26H2,1-4H3. The van der Waals surface area contributed by atoms with E-state index in [9.17, 15) is 0 Å². The lowest BCUT2D eigenvalue weighted by atomic mass is 9.90. The number of para-hydroxylation sites is 1. The molecule has 132 valence electrons. The van der Waals surface area contributed by atoms with Gasteiger partial charge in [0.1, 0.15) is 11.2 Å². The molecule has 1 aromatic heterocycles. The molecule has 4 rings (SSSR count). The van der Waals surface area contributed by atoms with E-state index in [1.807, 2.05) is 12.1 Å². The van der Waals surface area contributed by atoms with E-state index in [2.05, 4.69) is 79.4 Å². The fourth-order valence-corrected chi connectivity index (χ4v) is 4.56. The Kier molecular flexibility index (Phi) is 4.37. The molecule has 0 aliphatic carbocycles. The van der Waals surface area contributed by atoms with Crippen molar-refractivity contribution in [3.8, 4) is 11.1 Å². The fraction of sp³-hybridized carbons (Fsp3) is 0.250. The molecule has 0 spiro atoms. The molecule has 0 radical (unpaired) electrons. The molecule has 0 aliphatic heterocycles. The van der Waals surface area contributed by atoms with Gasteiger partial charge in [-0.25, -0.2) is 0 Å². The molecule has 26 heavy (non-hydrogen) atoms. The Balaban J connectivity index is 1.93. The Morgan fingerprint density at radius 1 is 0.692 bits per heavy atom. The van der Waals surface area contributed by atoms with Crippen LogP contribution >= 0.6 is 9.24 Å². The molecule has 3 aromatic carbocycles. The third kappa shape index (κ3) is 2.85. The second kappa shape index (κ2) is 6.56. The summed E-state index contributed by atoms with van der Waals surface area (Å²) >= 11 is 0. The first-order valence-electron chi connectivity index (χ1n) is 9.30. The van der Waals surface area contributed by atoms with Crippen molar-refractivity contribution < 1.29 is 4.42 Å². The van der Waals surface area contributed by atoms with E-state index < -0.39 is 0 Å². The van der Waals surface area contributed by atoms with Gasteiger partial charge in [-0.2, -0.15) is 0 Å². The van der Waals surface area contributed by atoms with Gasteiger partial charge in [0.2, 0.25) is 0 Å². The van der Waals surface area contributed by atoms with E-state index in [1.54, 1.807) is 0 Å². The monoisotopic (exact) mass is 360 g/mol. The van der Waals surface area contributed by atoms with Crippen molar-refractivity contribution in [3.05, 3.63) is 65.7 Å². The van der Waals surface area contributed by atoms with Crippen molar-refractivity contribution in [2.45, 2.75) is 39.5 Å². The topological polar surface area (TPSA) is 13.1 Å². The second-order valence-electron chi connectivity index (χ2n) is 7.69. The van der Waals surface area contributed by atoms with Crippen molar-refractivity contribution in [1.29, 1.82) is 0 Å². The van der Waals surface area contributed by atoms with Gasteiger partial charge in [-0.1, -0.05) is 64.1 Å². The van der Waals surface area contributed by atoms with Crippen molar-refractivity contribution in [3.63, 3.8) is 0 Å². The van der Waals surface area contributed by atoms with E-state index >= 15 is 0 Å². The average Bonchev–Trinajstić information content (AvgIpc) is 2.99. The summed E-state index contributed by atoms with van der Waals surface area (Å²) in [7, 11) is 2.96. The zero-order valence-electron chi connectivity index (χ0n) is 15.8. The second-order valence-corrected chi connectivity index (χ2v) is 8.26. The van der Waals surface area contributed by atoms with Crippen LogP contribution in [0.2, 0.25) is 0 Å². The molecule has 0 saturated heterocycles. The van der Waals surface area contributed by atoms with Crippen molar-refractivity contribution in [1.82, 2.24) is 0 Å². The Morgan fingerprint density at radius 3 is 1.96 bits per heavy atom. The molecule has 0 N–H and O–H groups in total. The van der Waals surface area contributed by atoms with E-state index in [1.165, 1.54) is 38.3 Å². The summed E-state index contributed by atoms with van der Waals surface area (Å²) in [5.74, 6) is 0.991. The van der Waals surface area contributed by atoms with Crippen LogP contribution in [0.1, 0.15) is 50.7 Å². The Morgan fingerprint density at radius 2 is 1.31 bits per heavy atom. The zero-order valence-corrected chi connectivity index (χ0v) is 17.0. The van der Waals surface area contributed by atoms with E-state index in [4.69, 9.17) is 4.42 Å². The van der Waals surface area contributed by atoms with Gasteiger partial charge in [-0.3, -0.25) is 0 Å². The van der Waals surface area contributed by atoms with Gasteiger partial charge in [0.25, 0.3) is 0 Å². The van der Waals surface area contributed by atoms with E-state index in [0.717, 1.165) is 11.2 Å². The molecular formula is C24H25OP. The molecule has 0 fully saturated rings. The summed E-state index contributed by atoms with van der Waals surface area (Å²) in [6.45, 7) is 9.05. The molecule has 1 nitrogen and oxygen atoms in total. The van der Waals surface area contributed by atoms with Crippen molar-refractivity contribution >= 4 is 36.5 Å². The fourth-order valence-electron chi connectivity index (χ4n) is 3.73. The van der Waals surface area contributed by atoms with Crippen LogP contribution in [-0.2, 0) is 0 Å². The predicted octanol–water partition coefficient (Wildman–Crippen LogP) is 7.00. The highest BCUT2D eigenvalue weighted by molar-refractivity contribution is 7.27. The number of hydrogen-bond donors (Lipinski definition) is 0. The van der Waals surface area contributed by atoms with Crippen LogP contribution in [0, 0.1) is 0 Å². The minimum absolute atomic E-state index is 0.495. The van der Waals surface area contributed by atoms with Gasteiger partial charge >= 0.3 is 0 Å². The largest absolute Gasteiger partial charge is 0.456 e. The first-order valence-corrected chi connectivity index (χ1v) is 9.88. The van der Waals surface area contributed by atoms with Crippen LogP contribution in [-0.4, -0.2) is 0 Å². The molecule has 0 amide bonds. The lowest BCUT2D eigenvalue weighted by Gasteiger charge is -2.19. The minimum Gasteiger partial charge on any atom is -0.456 e. The van der Waals surface area contributed by atoms with Gasteiger partial charge in [-0.15, -0.1) is 9.24 Å². The molecular weight excluding hydrogens is 335 g/mol. The highest BCUT2D eigenvalue weighted by Gasteiger charge is 2.15. The number of benzene rings is 3. The van der Waals surface area contributed by atoms with Crippen LogP contribution < -0.4 is 5.30 Å². The molecule has 1 atom stereocenters. The zero-order chi connectivity index (χ0) is 18.4. The summed E-state index contributed by atoms with van der Waals surface area (Å²) in [6.07, 6.45) is 0. The van der Waals surface area contributed by atoms with Crippen molar-refractivity contribution in [2.75, 3.05) is 0 Å². The van der Waals surface area contributed by atoms with Gasteiger partial charge in [-0.05, 0) is 57.6 Å². The maximum atomic E-state index is 6.09. The van der Waals surface area contributed by atoms with Crippen LogP contribution in [0.5, 0.6) is 0 Å². The van der Waals surface area contributed by atoms with Gasteiger partial charge in [0, 0.05) is 10.8 Å². The molecule has 1 heterocycles. The summed E-state index contributed by atoms with van der Waals surface area (Å²) < 4.78 is 6.09. The van der Waals surface area contributed by atoms with E-state index in [-0.39, 0.29) is 0 Å². The number of hydrogen-bond acceptors (Lipinski definition) is 1. The molecule has 2 heteroatoms. The van der Waals surface area contributed by atoms with Gasteiger partial charge < -0.3 is 4.42 Å². The number of fused-ring (bicyclic) bond motifs is 3. The summed E-state index contributed by atoms with van der Waals surface area (Å²) in [4.78, 5) is 0. The maximum Gasteiger partial charge on any atom is 0.136 e. The minimum atomic E-state index is 0.495. The molecule has 0 aliphatic rings. The van der Waals surface area contributed by atoms with Crippen LogP contribution in [0.4, 0.5) is 0 Å². The number of rotatable bonds is 3. The van der Waals surface area contributed by atoms with Crippen LogP contribution in [0.3, 0.4) is 0 Å². The normalized spacial score (nSPS) is 12.0. The molecule has 1 unspecified atom stereocenters. The Hall–Kier alpha value is -2.11. The third-order valence-corrected chi connectivity index (χ3v) is 5.87. The molecule has 0 saturated carbocycles. The highest BCUT2D eigenvalue weighted by Crippen LogP contribution is 2.34. The molecule has 4 aromatic rings. The van der Waals surface area contributed by atoms with Crippen molar-refractivity contribution in [2.24, 2.45) is 0 Å². The van der Waals surface area contributed by atoms with Crippen LogP contribution in [0.15, 0.2) is 59.0 Å². The molecule has 0 bridgehead atoms. The maximum absolute atomic E-state index is 6.09. The van der Waals surface area contributed by atoms with E-state index in [0.29, 0.717) is 11.8 Å². The summed E-state index contributed by atoms with van der Waals surface area (Å²) in [5.41, 5.74) is 7.19. The predicted molar refractivity (Wildman–Crippen MR) is 117 cm³/mol. The SMILES string of the molecule is CC(C)c1cc(-c2ccc3c(c2)oc2ccccc23)cc(C(C)C)c1P. The van der Waals surface area contributed by atoms with Crippen LogP contribution in [0.25, 0.3) is 33.1 Å². The average molecular weight is 360 g/mol. The smallest absolute Gasteiger partial charge is 0.136 e. The summed E-state index contributed by atoms with van der Waals surface area (Å²) in [6, 6.07) is 19.5. The lowest BCUT2D eigenvalue weighted by Crippen LogP contribution is -2.12. The third-order valence-electron chi connectivity index (χ3n) is 5.20. The number of furan rings is 1. The first kappa shape index (κ1) is 17.3. The Bertz CT molecular complexity index is 1070.